The summed E-state index contributed by atoms with van der Waals surface area (Å²) in [6.45, 7) is 5.19. The van der Waals surface area contributed by atoms with Crippen LogP contribution < -0.4 is 10.0 Å². The first-order valence-corrected chi connectivity index (χ1v) is 8.86. The summed E-state index contributed by atoms with van der Waals surface area (Å²) in [6, 6.07) is 10.2. The van der Waals surface area contributed by atoms with Crippen LogP contribution in [0.25, 0.3) is 0 Å². The molecule has 0 spiro atoms. The summed E-state index contributed by atoms with van der Waals surface area (Å²) < 4.78 is 27.2. The second kappa shape index (κ2) is 6.70. The first-order valence-electron chi connectivity index (χ1n) is 7.31. The third kappa shape index (κ3) is 4.04. The molecule has 0 radical (unpaired) electrons. The molecule has 1 aromatic rings. The van der Waals surface area contributed by atoms with Gasteiger partial charge in [0.1, 0.15) is 0 Å². The van der Waals surface area contributed by atoms with Crippen LogP contribution in [0.3, 0.4) is 0 Å². The minimum atomic E-state index is -3.23. The molecule has 1 aromatic carbocycles. The topological polar surface area (TPSA) is 58.2 Å². The van der Waals surface area contributed by atoms with Gasteiger partial charge in [0.25, 0.3) is 0 Å². The minimum absolute atomic E-state index is 0.0658. The molecule has 1 aliphatic carbocycles. The first kappa shape index (κ1) is 15.5. The Morgan fingerprint density at radius 2 is 2.00 bits per heavy atom. The Kier molecular flexibility index (Phi) is 5.18. The normalized spacial score (nSPS) is 23.5. The average Bonchev–Trinajstić information content (AvgIpc) is 3.18. The van der Waals surface area contributed by atoms with Crippen molar-refractivity contribution >= 4 is 10.0 Å². The number of hydrogen-bond donors (Lipinski definition) is 2. The highest BCUT2D eigenvalue weighted by Crippen LogP contribution is 2.41. The fourth-order valence-corrected chi connectivity index (χ4v) is 3.56. The number of rotatable bonds is 8. The highest BCUT2D eigenvalue weighted by atomic mass is 32.2. The van der Waals surface area contributed by atoms with Gasteiger partial charge in [0.05, 0.1) is 5.25 Å². The zero-order valence-corrected chi connectivity index (χ0v) is 13.0. The van der Waals surface area contributed by atoms with Crippen molar-refractivity contribution in [3.8, 4) is 0 Å². The quantitative estimate of drug-likeness (QED) is 0.720. The molecule has 4 nitrogen and oxygen atoms in total. The maximum Gasteiger partial charge on any atom is 0.215 e. The Labute approximate surface area is 122 Å². The Morgan fingerprint density at radius 1 is 1.30 bits per heavy atom. The summed E-state index contributed by atoms with van der Waals surface area (Å²) in [6.07, 6.45) is 1.91. The highest BCUT2D eigenvalue weighted by molar-refractivity contribution is 7.90. The van der Waals surface area contributed by atoms with Gasteiger partial charge in [-0.3, -0.25) is 0 Å². The molecule has 1 aliphatic rings. The van der Waals surface area contributed by atoms with E-state index < -0.39 is 15.3 Å². The number of benzene rings is 1. The molecular weight excluding hydrogens is 272 g/mol. The summed E-state index contributed by atoms with van der Waals surface area (Å²) in [7, 11) is -3.23. The van der Waals surface area contributed by atoms with Crippen molar-refractivity contribution in [1.82, 2.24) is 10.0 Å². The molecule has 0 aromatic heterocycles. The third-order valence-corrected chi connectivity index (χ3v) is 5.58. The second-order valence-corrected chi connectivity index (χ2v) is 7.67. The van der Waals surface area contributed by atoms with Gasteiger partial charge in [-0.1, -0.05) is 37.3 Å². The Bertz CT molecular complexity index is 516. The van der Waals surface area contributed by atoms with Crippen molar-refractivity contribution in [3.63, 3.8) is 0 Å². The van der Waals surface area contributed by atoms with E-state index in [1.54, 1.807) is 6.92 Å². The van der Waals surface area contributed by atoms with Gasteiger partial charge in [-0.15, -0.1) is 0 Å². The fraction of sp³-hybridized carbons (Fsp3) is 0.600. The van der Waals surface area contributed by atoms with Crippen LogP contribution in [-0.2, 0) is 10.0 Å². The SMILES string of the molecule is CCCNCC(C)S(=O)(=O)NC1CC1c1ccccc1. The molecule has 20 heavy (non-hydrogen) atoms. The van der Waals surface area contributed by atoms with Crippen LogP contribution in [0.2, 0.25) is 0 Å². The summed E-state index contributed by atoms with van der Waals surface area (Å²) in [5, 5.41) is 2.76. The summed E-state index contributed by atoms with van der Waals surface area (Å²) in [5.74, 6) is 0.335. The Balaban J connectivity index is 1.84. The molecule has 2 N–H and O–H groups in total. The van der Waals surface area contributed by atoms with Gasteiger partial charge in [0.15, 0.2) is 0 Å². The molecule has 0 bridgehead atoms. The predicted octanol–water partition coefficient (Wildman–Crippen LogP) is 1.85. The average molecular weight is 296 g/mol. The lowest BCUT2D eigenvalue weighted by atomic mass is 10.1. The van der Waals surface area contributed by atoms with Crippen LogP contribution in [0.15, 0.2) is 30.3 Å². The zero-order chi connectivity index (χ0) is 14.6. The lowest BCUT2D eigenvalue weighted by Gasteiger charge is -2.14. The van der Waals surface area contributed by atoms with Crippen molar-refractivity contribution in [2.24, 2.45) is 0 Å². The molecule has 0 saturated heterocycles. The van der Waals surface area contributed by atoms with Crippen LogP contribution in [0.5, 0.6) is 0 Å². The molecule has 3 atom stereocenters. The largest absolute Gasteiger partial charge is 0.315 e. The van der Waals surface area contributed by atoms with E-state index in [-0.39, 0.29) is 6.04 Å². The Hall–Kier alpha value is -0.910. The lowest BCUT2D eigenvalue weighted by Crippen LogP contribution is -2.40. The summed E-state index contributed by atoms with van der Waals surface area (Å²) >= 11 is 0. The van der Waals surface area contributed by atoms with Gasteiger partial charge in [0.2, 0.25) is 10.0 Å². The molecule has 2 rings (SSSR count). The molecule has 0 amide bonds. The smallest absolute Gasteiger partial charge is 0.215 e. The van der Waals surface area contributed by atoms with Crippen molar-refractivity contribution in [3.05, 3.63) is 35.9 Å². The number of sulfonamides is 1. The van der Waals surface area contributed by atoms with Crippen LogP contribution in [0, 0.1) is 0 Å². The van der Waals surface area contributed by atoms with E-state index in [0.717, 1.165) is 19.4 Å². The zero-order valence-electron chi connectivity index (χ0n) is 12.2. The van der Waals surface area contributed by atoms with Gasteiger partial charge in [-0.25, -0.2) is 13.1 Å². The molecule has 0 heterocycles. The van der Waals surface area contributed by atoms with Crippen molar-refractivity contribution in [2.45, 2.75) is 43.9 Å². The molecule has 3 unspecified atom stereocenters. The fourth-order valence-electron chi connectivity index (χ4n) is 2.31. The maximum atomic E-state index is 12.2. The number of nitrogens with one attached hydrogen (secondary N) is 2. The van der Waals surface area contributed by atoms with E-state index in [4.69, 9.17) is 0 Å². The molecule has 1 fully saturated rings. The van der Waals surface area contributed by atoms with E-state index >= 15 is 0 Å². The second-order valence-electron chi connectivity index (χ2n) is 5.54. The molecule has 1 saturated carbocycles. The standard InChI is InChI=1S/C15H24N2O2S/c1-3-9-16-11-12(2)20(18,19)17-15-10-14(15)13-7-5-4-6-8-13/h4-8,12,14-17H,3,9-11H2,1-2H3. The molecule has 5 heteroatoms. The van der Waals surface area contributed by atoms with Crippen LogP contribution >= 0.6 is 0 Å². The molecule has 0 aliphatic heterocycles. The van der Waals surface area contributed by atoms with E-state index in [2.05, 4.69) is 29.1 Å². The van der Waals surface area contributed by atoms with Crippen molar-refractivity contribution in [2.75, 3.05) is 13.1 Å². The van der Waals surface area contributed by atoms with Crippen LogP contribution in [0.4, 0.5) is 0 Å². The lowest BCUT2D eigenvalue weighted by molar-refractivity contribution is 0.555. The van der Waals surface area contributed by atoms with Crippen LogP contribution in [0.1, 0.15) is 38.2 Å². The van der Waals surface area contributed by atoms with Gasteiger partial charge in [-0.05, 0) is 31.9 Å². The Morgan fingerprint density at radius 3 is 2.65 bits per heavy atom. The maximum absolute atomic E-state index is 12.2. The third-order valence-electron chi connectivity index (χ3n) is 3.72. The number of hydrogen-bond acceptors (Lipinski definition) is 3. The predicted molar refractivity (Wildman–Crippen MR) is 82.3 cm³/mol. The molecular formula is C15H24N2O2S. The summed E-state index contributed by atoms with van der Waals surface area (Å²) in [5.41, 5.74) is 1.22. The molecule has 112 valence electrons. The van der Waals surface area contributed by atoms with Crippen LogP contribution in [-0.4, -0.2) is 32.8 Å². The minimum Gasteiger partial charge on any atom is -0.315 e. The van der Waals surface area contributed by atoms with E-state index in [9.17, 15) is 8.42 Å². The highest BCUT2D eigenvalue weighted by Gasteiger charge is 2.41. The van der Waals surface area contributed by atoms with Gasteiger partial charge < -0.3 is 5.32 Å². The van der Waals surface area contributed by atoms with Gasteiger partial charge >= 0.3 is 0 Å². The van der Waals surface area contributed by atoms with Crippen molar-refractivity contribution in [1.29, 1.82) is 0 Å². The van der Waals surface area contributed by atoms with Gasteiger partial charge in [-0.2, -0.15) is 0 Å². The van der Waals surface area contributed by atoms with Gasteiger partial charge in [0, 0.05) is 18.5 Å². The first-order chi connectivity index (χ1) is 9.54. The van der Waals surface area contributed by atoms with E-state index in [1.807, 2.05) is 18.2 Å². The van der Waals surface area contributed by atoms with E-state index in [1.165, 1.54) is 5.56 Å². The van der Waals surface area contributed by atoms with Crippen molar-refractivity contribution < 1.29 is 8.42 Å². The van der Waals surface area contributed by atoms with E-state index in [0.29, 0.717) is 12.5 Å². The summed E-state index contributed by atoms with van der Waals surface area (Å²) in [4.78, 5) is 0. The monoisotopic (exact) mass is 296 g/mol.